The molecule has 6 nitrogen and oxygen atoms in total. The predicted molar refractivity (Wildman–Crippen MR) is 118 cm³/mol. The second-order valence-electron chi connectivity index (χ2n) is 9.54. The molecule has 1 N–H and O–H groups in total. The Bertz CT molecular complexity index is 1350. The van der Waals surface area contributed by atoms with Gasteiger partial charge in [-0.1, -0.05) is 23.4 Å². The van der Waals surface area contributed by atoms with E-state index in [1.165, 1.54) is 24.3 Å². The maximum atomic E-state index is 13.5. The van der Waals surface area contributed by atoms with Crippen molar-refractivity contribution in [3.63, 3.8) is 0 Å². The second-order valence-corrected chi connectivity index (χ2v) is 9.54. The van der Waals surface area contributed by atoms with E-state index in [4.69, 9.17) is 4.52 Å². The highest BCUT2D eigenvalue weighted by molar-refractivity contribution is 5.61. The van der Waals surface area contributed by atoms with Crippen LogP contribution >= 0.6 is 0 Å². The molecular weight excluding hydrogens is 462 g/mol. The first-order chi connectivity index (χ1) is 16.8. The van der Waals surface area contributed by atoms with Crippen molar-refractivity contribution in [2.24, 2.45) is 0 Å². The molecule has 2 aromatic heterocycles. The lowest BCUT2D eigenvalue weighted by molar-refractivity contribution is -0.137. The number of benzene rings is 2. The third-order valence-electron chi connectivity index (χ3n) is 7.69. The summed E-state index contributed by atoms with van der Waals surface area (Å²) in [6.45, 7) is 0. The molecule has 3 aliphatic rings. The van der Waals surface area contributed by atoms with Gasteiger partial charge in [-0.2, -0.15) is 23.3 Å². The molecule has 0 unspecified atom stereocenters. The van der Waals surface area contributed by atoms with Crippen LogP contribution in [0.2, 0.25) is 0 Å². The Balaban J connectivity index is 1.24. The van der Waals surface area contributed by atoms with E-state index in [1.54, 1.807) is 18.2 Å². The Kier molecular flexibility index (Phi) is 4.84. The van der Waals surface area contributed by atoms with Crippen molar-refractivity contribution < 1.29 is 22.1 Å². The van der Waals surface area contributed by atoms with Crippen LogP contribution < -0.4 is 0 Å². The van der Waals surface area contributed by atoms with Gasteiger partial charge in [0.15, 0.2) is 5.82 Å². The zero-order valence-corrected chi connectivity index (χ0v) is 18.6. The minimum absolute atomic E-state index is 0.0287. The van der Waals surface area contributed by atoms with Gasteiger partial charge in [-0.05, 0) is 68.9 Å². The van der Waals surface area contributed by atoms with Crippen LogP contribution in [0.25, 0.3) is 22.8 Å². The van der Waals surface area contributed by atoms with E-state index in [-0.39, 0.29) is 28.0 Å². The Labute approximate surface area is 197 Å². The Hall–Kier alpha value is -3.56. The van der Waals surface area contributed by atoms with Crippen LogP contribution in [0, 0.1) is 5.82 Å². The molecule has 0 saturated heterocycles. The van der Waals surface area contributed by atoms with Gasteiger partial charge in [-0.15, -0.1) is 0 Å². The number of nitrogens with one attached hydrogen (secondary N) is 1. The number of alkyl halides is 3. The monoisotopic (exact) mass is 483 g/mol. The highest BCUT2D eigenvalue weighted by Crippen LogP contribution is 2.57. The molecule has 4 aromatic rings. The number of aromatic nitrogens is 5. The van der Waals surface area contributed by atoms with Crippen molar-refractivity contribution >= 4 is 0 Å². The molecule has 0 atom stereocenters. The van der Waals surface area contributed by atoms with Crippen molar-refractivity contribution in [3.8, 4) is 22.8 Å². The van der Waals surface area contributed by atoms with Crippen molar-refractivity contribution in [2.45, 2.75) is 55.5 Å². The van der Waals surface area contributed by atoms with Crippen molar-refractivity contribution in [1.29, 1.82) is 0 Å². The lowest BCUT2D eigenvalue weighted by Crippen LogP contribution is -2.47. The number of hydrogen-bond acceptors (Lipinski definition) is 5. The minimum atomic E-state index is -4.48. The smallest absolute Gasteiger partial charge is 0.338 e. The summed E-state index contributed by atoms with van der Waals surface area (Å²) in [5.74, 6) is 1.38. The molecule has 35 heavy (non-hydrogen) atoms. The summed E-state index contributed by atoms with van der Waals surface area (Å²) in [7, 11) is 0. The van der Waals surface area contributed by atoms with Crippen LogP contribution in [0.3, 0.4) is 0 Å². The Morgan fingerprint density at radius 2 is 1.46 bits per heavy atom. The zero-order chi connectivity index (χ0) is 24.3. The molecule has 2 bridgehead atoms. The highest BCUT2D eigenvalue weighted by Gasteiger charge is 2.54. The standard InChI is InChI=1S/C25H21F4N5O/c26-16-7-5-15(6-8-16)19-31-22(35-34-19)24-12-9-23(10-13-24,11-14-24)21-30-20(32-33-21)17-3-1-2-4-18(17)25(27,28)29/h1-8H,9-14H2,(H,30,32,33). The summed E-state index contributed by atoms with van der Waals surface area (Å²) in [6.07, 6.45) is 0.278. The van der Waals surface area contributed by atoms with Crippen LogP contribution in [-0.4, -0.2) is 25.3 Å². The third kappa shape index (κ3) is 3.62. The average molecular weight is 483 g/mol. The molecule has 0 aliphatic heterocycles. The molecule has 0 amide bonds. The molecule has 180 valence electrons. The van der Waals surface area contributed by atoms with Crippen LogP contribution in [0.15, 0.2) is 53.1 Å². The summed E-state index contributed by atoms with van der Waals surface area (Å²) in [4.78, 5) is 9.17. The van der Waals surface area contributed by atoms with Gasteiger partial charge in [0.25, 0.3) is 0 Å². The number of hydrogen-bond donors (Lipinski definition) is 1. The van der Waals surface area contributed by atoms with E-state index in [1.807, 2.05) is 0 Å². The fourth-order valence-electron chi connectivity index (χ4n) is 5.56. The fraction of sp³-hybridized carbons (Fsp3) is 0.360. The van der Waals surface area contributed by atoms with Gasteiger partial charge in [0.1, 0.15) is 11.6 Å². The normalized spacial score (nSPS) is 24.1. The highest BCUT2D eigenvalue weighted by atomic mass is 19.4. The predicted octanol–water partition coefficient (Wildman–Crippen LogP) is 6.22. The van der Waals surface area contributed by atoms with Gasteiger partial charge in [-0.3, -0.25) is 5.10 Å². The third-order valence-corrected chi connectivity index (χ3v) is 7.69. The number of nitrogens with zero attached hydrogens (tertiary/aromatic N) is 4. The van der Waals surface area contributed by atoms with E-state index < -0.39 is 11.7 Å². The molecule has 10 heteroatoms. The van der Waals surface area contributed by atoms with Crippen molar-refractivity contribution in [3.05, 3.63) is 71.6 Å². The van der Waals surface area contributed by atoms with Gasteiger partial charge < -0.3 is 4.52 Å². The van der Waals surface area contributed by atoms with E-state index in [0.29, 0.717) is 23.1 Å². The number of fused-ring (bicyclic) bond motifs is 3. The van der Waals surface area contributed by atoms with E-state index in [0.717, 1.165) is 44.6 Å². The number of aromatic amines is 1. The summed E-state index contributed by atoms with van der Waals surface area (Å²) in [5.41, 5.74) is -0.590. The molecular formula is C25H21F4N5O. The first-order valence-corrected chi connectivity index (χ1v) is 11.5. The molecule has 7 rings (SSSR count). The summed E-state index contributed by atoms with van der Waals surface area (Å²) < 4.78 is 59.3. The van der Waals surface area contributed by atoms with Crippen molar-refractivity contribution in [1.82, 2.24) is 25.3 Å². The van der Waals surface area contributed by atoms with Crippen LogP contribution in [0.4, 0.5) is 17.6 Å². The van der Waals surface area contributed by atoms with E-state index in [2.05, 4.69) is 25.3 Å². The van der Waals surface area contributed by atoms with Gasteiger partial charge in [-0.25, -0.2) is 9.37 Å². The summed E-state index contributed by atoms with van der Waals surface area (Å²) >= 11 is 0. The zero-order valence-electron chi connectivity index (χ0n) is 18.6. The molecule has 0 spiro atoms. The lowest BCUT2D eigenvalue weighted by Gasteiger charge is -2.50. The van der Waals surface area contributed by atoms with E-state index in [9.17, 15) is 17.6 Å². The fourth-order valence-corrected chi connectivity index (χ4v) is 5.56. The molecule has 3 fully saturated rings. The molecule has 0 radical (unpaired) electrons. The average Bonchev–Trinajstić information content (AvgIpc) is 3.57. The van der Waals surface area contributed by atoms with Gasteiger partial charge >= 0.3 is 6.18 Å². The Morgan fingerprint density at radius 3 is 2.14 bits per heavy atom. The van der Waals surface area contributed by atoms with Gasteiger partial charge in [0.05, 0.1) is 5.56 Å². The maximum absolute atomic E-state index is 13.5. The number of rotatable bonds is 4. The number of halogens is 4. The quantitative estimate of drug-likeness (QED) is 0.349. The lowest BCUT2D eigenvalue weighted by atomic mass is 9.53. The Morgan fingerprint density at radius 1 is 0.800 bits per heavy atom. The second kappa shape index (κ2) is 7.73. The largest absolute Gasteiger partial charge is 0.417 e. The molecule has 2 heterocycles. The van der Waals surface area contributed by atoms with E-state index >= 15 is 0 Å². The molecule has 3 saturated carbocycles. The maximum Gasteiger partial charge on any atom is 0.417 e. The molecule has 2 aromatic carbocycles. The minimum Gasteiger partial charge on any atom is -0.338 e. The van der Waals surface area contributed by atoms with Gasteiger partial charge in [0, 0.05) is 22.0 Å². The van der Waals surface area contributed by atoms with Crippen LogP contribution in [0.5, 0.6) is 0 Å². The molecule has 3 aliphatic carbocycles. The summed E-state index contributed by atoms with van der Waals surface area (Å²) in [6, 6.07) is 11.3. The van der Waals surface area contributed by atoms with Crippen LogP contribution in [0.1, 0.15) is 55.8 Å². The first kappa shape index (κ1) is 21.9. The van der Waals surface area contributed by atoms with Crippen LogP contribution in [-0.2, 0) is 17.0 Å². The topological polar surface area (TPSA) is 80.5 Å². The number of H-pyrrole nitrogens is 1. The van der Waals surface area contributed by atoms with Gasteiger partial charge in [0.2, 0.25) is 11.7 Å². The van der Waals surface area contributed by atoms with Crippen molar-refractivity contribution in [2.75, 3.05) is 0 Å². The SMILES string of the molecule is Fc1ccc(-c2noc(C34CCC(c5nc(-c6ccccc6C(F)(F)F)n[nH]5)(CC3)CC4)n2)cc1. The summed E-state index contributed by atoms with van der Waals surface area (Å²) in [5, 5.41) is 11.2. The first-order valence-electron chi connectivity index (χ1n) is 11.5.